The summed E-state index contributed by atoms with van der Waals surface area (Å²) in [4.78, 5) is 19.3. The summed E-state index contributed by atoms with van der Waals surface area (Å²) in [5.74, 6) is 0.683. The van der Waals surface area contributed by atoms with Crippen LogP contribution in [0.1, 0.15) is 54.8 Å². The number of rotatable bonds is 3. The molecule has 0 saturated heterocycles. The highest BCUT2D eigenvalue weighted by molar-refractivity contribution is 5.79. The van der Waals surface area contributed by atoms with Gasteiger partial charge in [0.25, 0.3) is 5.56 Å². The van der Waals surface area contributed by atoms with Crippen molar-refractivity contribution in [1.82, 2.24) is 9.97 Å². The Kier molecular flexibility index (Phi) is 4.57. The Morgan fingerprint density at radius 1 is 1.04 bits per heavy atom. The van der Waals surface area contributed by atoms with E-state index in [0.717, 1.165) is 0 Å². The second kappa shape index (κ2) is 7.16. The first-order chi connectivity index (χ1) is 12.7. The number of benzene rings is 2. The van der Waals surface area contributed by atoms with Crippen LogP contribution in [-0.4, -0.2) is 15.1 Å². The van der Waals surface area contributed by atoms with E-state index in [0.29, 0.717) is 22.5 Å². The highest BCUT2D eigenvalue weighted by atomic mass is 16.3. The van der Waals surface area contributed by atoms with Gasteiger partial charge >= 0.3 is 0 Å². The quantitative estimate of drug-likeness (QED) is 0.654. The summed E-state index contributed by atoms with van der Waals surface area (Å²) < 4.78 is 0. The number of H-pyrrole nitrogens is 1. The molecule has 3 aromatic rings. The Morgan fingerprint density at radius 2 is 1.77 bits per heavy atom. The van der Waals surface area contributed by atoms with E-state index in [-0.39, 0.29) is 17.0 Å². The normalized spacial score (nSPS) is 16.1. The number of hydrogen-bond donors (Lipinski definition) is 2. The number of nitrogens with zero attached hydrogens (tertiary/aromatic N) is 1. The first-order valence-corrected chi connectivity index (χ1v) is 9.21. The summed E-state index contributed by atoms with van der Waals surface area (Å²) in [5.41, 5.74) is 3.30. The molecule has 26 heavy (non-hydrogen) atoms. The molecule has 4 rings (SSSR count). The van der Waals surface area contributed by atoms with E-state index in [2.05, 4.69) is 22.1 Å². The highest BCUT2D eigenvalue weighted by Crippen LogP contribution is 2.33. The van der Waals surface area contributed by atoms with Gasteiger partial charge < -0.3 is 10.1 Å². The van der Waals surface area contributed by atoms with Gasteiger partial charge in [-0.25, -0.2) is 4.98 Å². The van der Waals surface area contributed by atoms with Gasteiger partial charge in [-0.2, -0.15) is 0 Å². The van der Waals surface area contributed by atoms with Crippen LogP contribution in [0.15, 0.2) is 53.3 Å². The molecule has 0 spiro atoms. The van der Waals surface area contributed by atoms with E-state index in [4.69, 9.17) is 0 Å². The molecule has 4 nitrogen and oxygen atoms in total. The third kappa shape index (κ3) is 3.40. The predicted octanol–water partition coefficient (Wildman–Crippen LogP) is 5.03. The van der Waals surface area contributed by atoms with Gasteiger partial charge in [-0.1, -0.05) is 55.7 Å². The van der Waals surface area contributed by atoms with Gasteiger partial charge in [0.1, 0.15) is 11.5 Å². The molecule has 0 unspecified atom stereocenters. The summed E-state index contributed by atoms with van der Waals surface area (Å²) in [6.45, 7) is 0. The lowest BCUT2D eigenvalue weighted by Crippen LogP contribution is -2.12. The maximum Gasteiger partial charge on any atom is 0.274 e. The molecule has 132 valence electrons. The molecule has 1 aromatic heterocycles. The van der Waals surface area contributed by atoms with Crippen LogP contribution >= 0.6 is 0 Å². The van der Waals surface area contributed by atoms with Crippen LogP contribution in [0.4, 0.5) is 0 Å². The summed E-state index contributed by atoms with van der Waals surface area (Å²) in [5, 5.41) is 10.4. The maximum atomic E-state index is 12.2. The zero-order valence-electron chi connectivity index (χ0n) is 14.6. The molecule has 0 radical (unpaired) electrons. The van der Waals surface area contributed by atoms with Crippen molar-refractivity contribution >= 4 is 22.9 Å². The Labute approximate surface area is 152 Å². The molecule has 2 N–H and O–H groups in total. The lowest BCUT2D eigenvalue weighted by atomic mass is 9.84. The number of nitrogens with one attached hydrogen (secondary N) is 1. The zero-order valence-corrected chi connectivity index (χ0v) is 14.6. The minimum Gasteiger partial charge on any atom is -0.507 e. The lowest BCUT2D eigenvalue weighted by molar-refractivity contribution is 0.443. The van der Waals surface area contributed by atoms with Crippen LogP contribution in [0, 0.1) is 0 Å². The topological polar surface area (TPSA) is 66.0 Å². The van der Waals surface area contributed by atoms with Gasteiger partial charge in [0, 0.05) is 11.6 Å². The second-order valence-electron chi connectivity index (χ2n) is 6.95. The largest absolute Gasteiger partial charge is 0.507 e. The van der Waals surface area contributed by atoms with E-state index in [1.807, 2.05) is 30.3 Å². The van der Waals surface area contributed by atoms with Crippen LogP contribution in [0.2, 0.25) is 0 Å². The monoisotopic (exact) mass is 346 g/mol. The number of para-hydroxylation sites is 2. The molecular weight excluding hydrogens is 324 g/mol. The van der Waals surface area contributed by atoms with Crippen molar-refractivity contribution in [2.24, 2.45) is 0 Å². The maximum absolute atomic E-state index is 12.2. The average molecular weight is 346 g/mol. The lowest BCUT2D eigenvalue weighted by Gasteiger charge is -2.22. The third-order valence-electron chi connectivity index (χ3n) is 5.18. The van der Waals surface area contributed by atoms with Crippen molar-refractivity contribution in [3.8, 4) is 0 Å². The molecule has 0 aliphatic heterocycles. The summed E-state index contributed by atoms with van der Waals surface area (Å²) in [7, 11) is 0. The van der Waals surface area contributed by atoms with Crippen molar-refractivity contribution < 1.29 is 5.11 Å². The van der Waals surface area contributed by atoms with Crippen molar-refractivity contribution in [2.45, 2.75) is 38.0 Å². The molecule has 1 aliphatic carbocycles. The predicted molar refractivity (Wildman–Crippen MR) is 105 cm³/mol. The van der Waals surface area contributed by atoms with Crippen molar-refractivity contribution in [3.63, 3.8) is 0 Å². The number of aliphatic hydroxyl groups excluding tert-OH is 1. The van der Waals surface area contributed by atoms with E-state index < -0.39 is 0 Å². The molecule has 1 fully saturated rings. The van der Waals surface area contributed by atoms with Crippen molar-refractivity contribution in [2.75, 3.05) is 0 Å². The van der Waals surface area contributed by atoms with E-state index >= 15 is 0 Å². The molecule has 1 saturated carbocycles. The van der Waals surface area contributed by atoms with E-state index in [9.17, 15) is 9.90 Å². The van der Waals surface area contributed by atoms with Gasteiger partial charge in [-0.3, -0.25) is 4.79 Å². The minimum atomic E-state index is -0.311. The fourth-order valence-corrected chi connectivity index (χ4v) is 3.72. The summed E-state index contributed by atoms with van der Waals surface area (Å²) in [6, 6.07) is 15.4. The molecule has 0 amide bonds. The fourth-order valence-electron chi connectivity index (χ4n) is 3.72. The standard InChI is InChI=1S/C22H22N2O2/c25-21(14-20-22(26)24-19-9-5-4-8-18(19)23-20)17-12-10-16(11-13-17)15-6-2-1-3-7-15/h4-5,8-15,25H,1-3,6-7H2,(H,24,26)/b21-14+. The zero-order chi connectivity index (χ0) is 17.9. The Balaban J connectivity index is 1.61. The minimum absolute atomic E-state index is 0.0495. The van der Waals surface area contributed by atoms with Crippen LogP contribution in [0.5, 0.6) is 0 Å². The summed E-state index contributed by atoms with van der Waals surface area (Å²) in [6.07, 6.45) is 7.86. The number of aromatic amines is 1. The first-order valence-electron chi connectivity index (χ1n) is 9.21. The van der Waals surface area contributed by atoms with Crippen LogP contribution < -0.4 is 5.56 Å². The van der Waals surface area contributed by atoms with Crippen LogP contribution in [-0.2, 0) is 0 Å². The van der Waals surface area contributed by atoms with E-state index in [1.165, 1.54) is 43.7 Å². The smallest absolute Gasteiger partial charge is 0.274 e. The first kappa shape index (κ1) is 16.6. The molecule has 0 bridgehead atoms. The van der Waals surface area contributed by atoms with Crippen LogP contribution in [0.25, 0.3) is 22.9 Å². The number of fused-ring (bicyclic) bond motifs is 1. The molecule has 4 heteroatoms. The Hall–Kier alpha value is -2.88. The molecule has 1 heterocycles. The van der Waals surface area contributed by atoms with Gasteiger partial charge in [0.2, 0.25) is 0 Å². The van der Waals surface area contributed by atoms with Gasteiger partial charge in [0.15, 0.2) is 0 Å². The fraction of sp³-hybridized carbons (Fsp3) is 0.273. The average Bonchev–Trinajstić information content (AvgIpc) is 2.69. The second-order valence-corrected chi connectivity index (χ2v) is 6.95. The van der Waals surface area contributed by atoms with Crippen LogP contribution in [0.3, 0.4) is 0 Å². The van der Waals surface area contributed by atoms with Crippen molar-refractivity contribution in [1.29, 1.82) is 0 Å². The SMILES string of the molecule is O=c1[nH]c2ccccc2nc1/C=C(/O)c1ccc(C2CCCCC2)cc1. The molecule has 0 atom stereocenters. The number of aromatic nitrogens is 2. The van der Waals surface area contributed by atoms with Crippen molar-refractivity contribution in [3.05, 3.63) is 75.7 Å². The van der Waals surface area contributed by atoms with Gasteiger partial charge in [0.05, 0.1) is 11.0 Å². The van der Waals surface area contributed by atoms with E-state index in [1.54, 1.807) is 6.07 Å². The number of aliphatic hydroxyl groups is 1. The highest BCUT2D eigenvalue weighted by Gasteiger charge is 2.15. The Bertz CT molecular complexity index is 997. The third-order valence-corrected chi connectivity index (χ3v) is 5.18. The molecule has 2 aromatic carbocycles. The number of hydrogen-bond acceptors (Lipinski definition) is 3. The summed E-state index contributed by atoms with van der Waals surface area (Å²) >= 11 is 0. The van der Waals surface area contributed by atoms with Gasteiger partial charge in [-0.05, 0) is 36.5 Å². The molecule has 1 aliphatic rings. The Morgan fingerprint density at radius 3 is 2.54 bits per heavy atom. The molecular formula is C22H22N2O2. The van der Waals surface area contributed by atoms with Gasteiger partial charge in [-0.15, -0.1) is 0 Å².